The largest absolute Gasteiger partial charge is 0.457 e. The predicted octanol–water partition coefficient (Wildman–Crippen LogP) is 6.07. The van der Waals surface area contributed by atoms with E-state index >= 15 is 0 Å². The van der Waals surface area contributed by atoms with Crippen LogP contribution in [0.1, 0.15) is 168 Å². The molecule has 0 bridgehead atoms. The van der Waals surface area contributed by atoms with Crippen LogP contribution in [0.2, 0.25) is 0 Å². The minimum Gasteiger partial charge on any atom is -0.457 e. The van der Waals surface area contributed by atoms with Gasteiger partial charge in [-0.15, -0.1) is 0 Å². The lowest BCUT2D eigenvalue weighted by atomic mass is 9.98. The van der Waals surface area contributed by atoms with Gasteiger partial charge < -0.3 is 64.2 Å². The summed E-state index contributed by atoms with van der Waals surface area (Å²) >= 11 is 0. The van der Waals surface area contributed by atoms with E-state index in [1.54, 1.807) is 0 Å². The number of aliphatic hydroxyl groups is 7. The molecule has 11 unspecified atom stereocenters. The maximum atomic E-state index is 12.9. The monoisotopic (exact) mass is 875 g/mol. The Morgan fingerprint density at radius 1 is 0.541 bits per heavy atom. The quantitative estimate of drug-likeness (QED) is 0.0215. The smallest absolute Gasteiger partial charge is 0.306 e. The summed E-state index contributed by atoms with van der Waals surface area (Å²) in [6.45, 7) is 3.60. The number of hydrogen-bond donors (Lipinski definition) is 7. The molecule has 358 valence electrons. The van der Waals surface area contributed by atoms with Crippen LogP contribution in [0.5, 0.6) is 0 Å². The number of esters is 1. The zero-order valence-corrected chi connectivity index (χ0v) is 37.7. The average Bonchev–Trinajstić information content (AvgIpc) is 3.25. The van der Waals surface area contributed by atoms with Crippen LogP contribution in [0, 0.1) is 0 Å². The Bertz CT molecular complexity index is 1110. The van der Waals surface area contributed by atoms with Crippen LogP contribution in [-0.2, 0) is 33.2 Å². The topological polar surface area (TPSA) is 214 Å². The Balaban J connectivity index is 1.80. The zero-order chi connectivity index (χ0) is 44.5. The molecule has 2 heterocycles. The Hall–Kier alpha value is -1.53. The van der Waals surface area contributed by atoms with Gasteiger partial charge in [-0.3, -0.25) is 4.79 Å². The lowest BCUT2D eigenvalue weighted by molar-refractivity contribution is -0.332. The summed E-state index contributed by atoms with van der Waals surface area (Å²) in [7, 11) is 0. The highest BCUT2D eigenvalue weighted by Gasteiger charge is 2.47. The first-order chi connectivity index (χ1) is 29.6. The third-order valence-electron chi connectivity index (χ3n) is 11.4. The van der Waals surface area contributed by atoms with Gasteiger partial charge in [0.15, 0.2) is 12.6 Å². The lowest BCUT2D eigenvalue weighted by Crippen LogP contribution is -2.61. The highest BCUT2D eigenvalue weighted by atomic mass is 16.7. The Labute approximate surface area is 367 Å². The van der Waals surface area contributed by atoms with Crippen molar-refractivity contribution in [1.82, 2.24) is 0 Å². The van der Waals surface area contributed by atoms with Crippen LogP contribution in [0.15, 0.2) is 24.3 Å². The summed E-state index contributed by atoms with van der Waals surface area (Å²) in [5.41, 5.74) is 0. The van der Waals surface area contributed by atoms with E-state index in [1.807, 2.05) is 0 Å². The van der Waals surface area contributed by atoms with Gasteiger partial charge in [0.25, 0.3) is 0 Å². The van der Waals surface area contributed by atoms with Crippen molar-refractivity contribution >= 4 is 5.97 Å². The molecule has 0 radical (unpaired) electrons. The average molecular weight is 875 g/mol. The van der Waals surface area contributed by atoms with Gasteiger partial charge in [0, 0.05) is 13.0 Å². The van der Waals surface area contributed by atoms with Crippen molar-refractivity contribution in [2.45, 2.75) is 235 Å². The molecule has 0 aromatic heterocycles. The number of rotatable bonds is 37. The number of carbonyl (C=O) groups is 1. The number of ether oxygens (including phenoxy) is 6. The van der Waals surface area contributed by atoms with E-state index in [2.05, 4.69) is 38.2 Å². The summed E-state index contributed by atoms with van der Waals surface area (Å²) in [6, 6.07) is 0. The number of hydrogen-bond acceptors (Lipinski definition) is 14. The molecule has 2 aliphatic rings. The predicted molar refractivity (Wildman–Crippen MR) is 233 cm³/mol. The van der Waals surface area contributed by atoms with E-state index in [9.17, 15) is 40.5 Å². The van der Waals surface area contributed by atoms with Crippen molar-refractivity contribution in [3.63, 3.8) is 0 Å². The normalized spacial score (nSPS) is 27.6. The molecule has 2 rings (SSSR count). The minimum absolute atomic E-state index is 0.0575. The number of allylic oxidation sites excluding steroid dienone is 4. The molecule has 11 atom stereocenters. The van der Waals surface area contributed by atoms with Gasteiger partial charge >= 0.3 is 5.97 Å². The van der Waals surface area contributed by atoms with Gasteiger partial charge in [0.2, 0.25) is 0 Å². The number of carbonyl (C=O) groups excluding carboxylic acids is 1. The lowest BCUT2D eigenvalue weighted by Gasteiger charge is -2.42. The first kappa shape index (κ1) is 55.6. The molecule has 0 saturated carbocycles. The standard InChI is InChI=1S/C47H86O14/c1-3-5-7-9-11-13-15-17-19-21-23-25-27-29-31-56-33-36(59-39(49)30-28-26-24-22-20-18-16-14-12-10-8-6-4-2)34-57-46-45(55)43(53)41(51)38(61-46)35-58-47-44(54)42(52)40(50)37(32-48)60-47/h7,9,13,15,36-38,40-48,50-55H,3-6,8,10-12,14,16-35H2,1-2H3/b9-7-,15-13-. The van der Waals surface area contributed by atoms with Crippen LogP contribution in [0.3, 0.4) is 0 Å². The van der Waals surface area contributed by atoms with Crippen molar-refractivity contribution < 1.29 is 69.0 Å². The van der Waals surface area contributed by atoms with Crippen molar-refractivity contribution in [3.8, 4) is 0 Å². The maximum Gasteiger partial charge on any atom is 0.306 e. The van der Waals surface area contributed by atoms with E-state index < -0.39 is 80.7 Å². The molecule has 14 heteroatoms. The number of unbranched alkanes of at least 4 members (excludes halogenated alkanes) is 19. The minimum atomic E-state index is -1.70. The fourth-order valence-electron chi connectivity index (χ4n) is 7.50. The molecule has 2 fully saturated rings. The van der Waals surface area contributed by atoms with E-state index in [-0.39, 0.29) is 25.6 Å². The third-order valence-corrected chi connectivity index (χ3v) is 11.4. The van der Waals surface area contributed by atoms with Crippen molar-refractivity contribution in [2.24, 2.45) is 0 Å². The Kier molecular flexibility index (Phi) is 32.6. The van der Waals surface area contributed by atoms with Crippen molar-refractivity contribution in [2.75, 3.05) is 33.0 Å². The molecule has 2 aliphatic heterocycles. The maximum absolute atomic E-state index is 12.9. The molecule has 61 heavy (non-hydrogen) atoms. The first-order valence-electron chi connectivity index (χ1n) is 23.9. The highest BCUT2D eigenvalue weighted by Crippen LogP contribution is 2.26. The first-order valence-corrected chi connectivity index (χ1v) is 23.9. The van der Waals surface area contributed by atoms with Gasteiger partial charge in [-0.1, -0.05) is 147 Å². The second-order valence-electron chi connectivity index (χ2n) is 16.9. The molecule has 14 nitrogen and oxygen atoms in total. The molecule has 7 N–H and O–H groups in total. The molecule has 0 aromatic rings. The summed E-state index contributed by atoms with van der Waals surface area (Å²) in [5.74, 6) is -0.380. The zero-order valence-electron chi connectivity index (χ0n) is 37.7. The Morgan fingerprint density at radius 2 is 1.05 bits per heavy atom. The fraction of sp³-hybridized carbons (Fsp3) is 0.894. The van der Waals surface area contributed by atoms with E-state index in [4.69, 9.17) is 28.4 Å². The van der Waals surface area contributed by atoms with Gasteiger partial charge in [-0.2, -0.15) is 0 Å². The molecular weight excluding hydrogens is 789 g/mol. The third kappa shape index (κ3) is 24.4. The van der Waals surface area contributed by atoms with Gasteiger partial charge in [-0.05, 0) is 38.5 Å². The molecule has 0 amide bonds. The van der Waals surface area contributed by atoms with E-state index in [0.29, 0.717) is 13.0 Å². The van der Waals surface area contributed by atoms with Crippen molar-refractivity contribution in [1.29, 1.82) is 0 Å². The summed E-state index contributed by atoms with van der Waals surface area (Å²) in [4.78, 5) is 12.9. The summed E-state index contributed by atoms with van der Waals surface area (Å²) in [6.07, 6.45) is 19.5. The van der Waals surface area contributed by atoms with Gasteiger partial charge in [0.1, 0.15) is 54.9 Å². The van der Waals surface area contributed by atoms with Crippen molar-refractivity contribution in [3.05, 3.63) is 24.3 Å². The SMILES string of the molecule is CCC/C=C\C/C=C\CCCCCCCCOCC(COC1OC(COC2OC(CO)C(O)C(O)C2O)C(O)C(O)C1O)OC(=O)CCCCCCCCCCCCCCC. The molecule has 2 saturated heterocycles. The second kappa shape index (κ2) is 35.8. The molecular formula is C47H86O14. The van der Waals surface area contributed by atoms with Crippen LogP contribution in [0.4, 0.5) is 0 Å². The highest BCUT2D eigenvalue weighted by molar-refractivity contribution is 5.69. The van der Waals surface area contributed by atoms with E-state index in [1.165, 1.54) is 77.0 Å². The molecule has 0 aromatic carbocycles. The molecule has 0 spiro atoms. The van der Waals surface area contributed by atoms with Gasteiger partial charge in [-0.25, -0.2) is 0 Å². The van der Waals surface area contributed by atoms with Crippen LogP contribution >= 0.6 is 0 Å². The van der Waals surface area contributed by atoms with Crippen LogP contribution < -0.4 is 0 Å². The van der Waals surface area contributed by atoms with Gasteiger partial charge in [0.05, 0.1) is 26.4 Å². The van der Waals surface area contributed by atoms with E-state index in [0.717, 1.165) is 64.2 Å². The second-order valence-corrected chi connectivity index (χ2v) is 16.9. The summed E-state index contributed by atoms with van der Waals surface area (Å²) in [5, 5.41) is 71.9. The van der Waals surface area contributed by atoms with Crippen LogP contribution in [0.25, 0.3) is 0 Å². The number of aliphatic hydroxyl groups excluding tert-OH is 7. The Morgan fingerprint density at radius 3 is 1.64 bits per heavy atom. The molecule has 0 aliphatic carbocycles. The van der Waals surface area contributed by atoms with Crippen LogP contribution in [-0.4, -0.2) is 142 Å². The fourth-order valence-corrected chi connectivity index (χ4v) is 7.50. The summed E-state index contributed by atoms with van der Waals surface area (Å²) < 4.78 is 34.2.